The molecule has 0 saturated carbocycles. The van der Waals surface area contributed by atoms with E-state index >= 15 is 0 Å². The van der Waals surface area contributed by atoms with Crippen LogP contribution in [0.15, 0.2) is 4.99 Å². The van der Waals surface area contributed by atoms with Gasteiger partial charge in [0.05, 0.1) is 30.9 Å². The molecular weight excluding hydrogens is 266 g/mol. The Hall–Kier alpha value is -0.810. The fourth-order valence-corrected chi connectivity index (χ4v) is 3.16. The third-order valence-corrected chi connectivity index (χ3v) is 4.44. The predicted molar refractivity (Wildman–Crippen MR) is 85.7 cm³/mol. The Labute approximate surface area is 128 Å². The van der Waals surface area contributed by atoms with E-state index < -0.39 is 0 Å². The monoisotopic (exact) mass is 297 g/mol. The van der Waals surface area contributed by atoms with Gasteiger partial charge >= 0.3 is 0 Å². The van der Waals surface area contributed by atoms with Gasteiger partial charge in [0, 0.05) is 13.7 Å². The number of aliphatic imine (C=N–C) groups is 1. The first kappa shape index (κ1) is 16.6. The van der Waals surface area contributed by atoms with E-state index in [4.69, 9.17) is 14.5 Å². The first-order valence-corrected chi connectivity index (χ1v) is 8.17. The molecule has 0 radical (unpaired) electrons. The first-order chi connectivity index (χ1) is 9.94. The van der Waals surface area contributed by atoms with Crippen LogP contribution < -0.4 is 10.6 Å². The summed E-state index contributed by atoms with van der Waals surface area (Å²) >= 11 is 0. The molecule has 0 aromatic carbocycles. The Bertz CT molecular complexity index is 365. The highest BCUT2D eigenvalue weighted by Crippen LogP contribution is 2.34. The van der Waals surface area contributed by atoms with Gasteiger partial charge in [-0.05, 0) is 31.6 Å². The van der Waals surface area contributed by atoms with E-state index in [9.17, 15) is 0 Å². The standard InChI is InChI=1S/C16H31N3O2/c1-6-17-15(18-10-14(20-5)16(2,3)4)19-12-9-11-7-8-13(12)21-11/h11-14H,6-10H2,1-5H3,(H2,17,18,19). The van der Waals surface area contributed by atoms with Gasteiger partial charge in [-0.1, -0.05) is 20.8 Å². The topological polar surface area (TPSA) is 54.9 Å². The molecule has 2 N–H and O–H groups in total. The van der Waals surface area contributed by atoms with Gasteiger partial charge in [-0.3, -0.25) is 4.99 Å². The van der Waals surface area contributed by atoms with E-state index in [1.54, 1.807) is 7.11 Å². The van der Waals surface area contributed by atoms with Crippen molar-refractivity contribution >= 4 is 5.96 Å². The van der Waals surface area contributed by atoms with E-state index in [0.29, 0.717) is 24.8 Å². The van der Waals surface area contributed by atoms with Gasteiger partial charge in [-0.2, -0.15) is 0 Å². The highest BCUT2D eigenvalue weighted by atomic mass is 16.5. The van der Waals surface area contributed by atoms with Crippen molar-refractivity contribution in [2.45, 2.75) is 71.3 Å². The molecule has 122 valence electrons. The number of nitrogens with zero attached hydrogens (tertiary/aromatic N) is 1. The highest BCUT2D eigenvalue weighted by Gasteiger charge is 2.41. The molecule has 0 amide bonds. The summed E-state index contributed by atoms with van der Waals surface area (Å²) in [6.07, 6.45) is 4.42. The van der Waals surface area contributed by atoms with Gasteiger partial charge in [-0.25, -0.2) is 0 Å². The van der Waals surface area contributed by atoms with Crippen molar-refractivity contribution < 1.29 is 9.47 Å². The molecule has 5 nitrogen and oxygen atoms in total. The summed E-state index contributed by atoms with van der Waals surface area (Å²) in [5.74, 6) is 0.880. The fraction of sp³-hybridized carbons (Fsp3) is 0.938. The number of ether oxygens (including phenoxy) is 2. The quantitative estimate of drug-likeness (QED) is 0.601. The second-order valence-electron chi connectivity index (χ2n) is 7.17. The minimum atomic E-state index is 0.0884. The molecule has 2 rings (SSSR count). The molecule has 0 spiro atoms. The van der Waals surface area contributed by atoms with Crippen molar-refractivity contribution in [1.82, 2.24) is 10.6 Å². The number of nitrogens with one attached hydrogen (secondary N) is 2. The summed E-state index contributed by atoms with van der Waals surface area (Å²) in [5.41, 5.74) is 0.0884. The zero-order valence-electron chi connectivity index (χ0n) is 14.1. The maximum atomic E-state index is 5.89. The number of fused-ring (bicyclic) bond motifs is 2. The lowest BCUT2D eigenvalue weighted by Crippen LogP contribution is -2.48. The molecule has 2 saturated heterocycles. The van der Waals surface area contributed by atoms with Gasteiger partial charge in [0.1, 0.15) is 0 Å². The highest BCUT2D eigenvalue weighted by molar-refractivity contribution is 5.80. The molecule has 2 aliphatic heterocycles. The summed E-state index contributed by atoms with van der Waals surface area (Å²) < 4.78 is 11.5. The van der Waals surface area contributed by atoms with Gasteiger partial charge < -0.3 is 20.1 Å². The molecule has 21 heavy (non-hydrogen) atoms. The molecule has 0 aliphatic carbocycles. The van der Waals surface area contributed by atoms with E-state index in [-0.39, 0.29) is 11.5 Å². The molecule has 0 aromatic rings. The second-order valence-corrected chi connectivity index (χ2v) is 7.17. The lowest BCUT2D eigenvalue weighted by molar-refractivity contribution is 0.0241. The van der Waals surface area contributed by atoms with Crippen LogP contribution in [-0.2, 0) is 9.47 Å². The molecule has 2 aliphatic rings. The van der Waals surface area contributed by atoms with Crippen molar-refractivity contribution in [1.29, 1.82) is 0 Å². The number of rotatable bonds is 5. The second kappa shape index (κ2) is 6.97. The number of hydrogen-bond acceptors (Lipinski definition) is 3. The lowest BCUT2D eigenvalue weighted by atomic mass is 9.89. The SMILES string of the molecule is CCNC(=NCC(OC)C(C)(C)C)NC1CC2CCC1O2. The zero-order chi connectivity index (χ0) is 15.5. The van der Waals surface area contributed by atoms with Gasteiger partial charge in [-0.15, -0.1) is 0 Å². The van der Waals surface area contributed by atoms with Crippen molar-refractivity contribution in [2.24, 2.45) is 10.4 Å². The Morgan fingerprint density at radius 2 is 2.14 bits per heavy atom. The predicted octanol–water partition coefficient (Wildman–Crippen LogP) is 1.92. The minimum absolute atomic E-state index is 0.0884. The Morgan fingerprint density at radius 1 is 1.38 bits per heavy atom. The Balaban J connectivity index is 1.92. The summed E-state index contributed by atoms with van der Waals surface area (Å²) in [6, 6.07) is 0.400. The molecular formula is C16H31N3O2. The van der Waals surface area contributed by atoms with Crippen LogP contribution in [-0.4, -0.2) is 50.5 Å². The summed E-state index contributed by atoms with van der Waals surface area (Å²) in [4.78, 5) is 4.71. The zero-order valence-corrected chi connectivity index (χ0v) is 14.1. The maximum absolute atomic E-state index is 5.89. The third-order valence-electron chi connectivity index (χ3n) is 4.44. The smallest absolute Gasteiger partial charge is 0.191 e. The molecule has 0 aromatic heterocycles. The van der Waals surface area contributed by atoms with Crippen LogP contribution in [0.1, 0.15) is 47.0 Å². The number of methoxy groups -OCH3 is 1. The number of guanidine groups is 1. The maximum Gasteiger partial charge on any atom is 0.191 e. The largest absolute Gasteiger partial charge is 0.379 e. The van der Waals surface area contributed by atoms with E-state index in [0.717, 1.165) is 18.9 Å². The summed E-state index contributed by atoms with van der Waals surface area (Å²) in [5, 5.41) is 6.87. The van der Waals surface area contributed by atoms with E-state index in [1.807, 2.05) is 0 Å². The van der Waals surface area contributed by atoms with Crippen LogP contribution in [0.4, 0.5) is 0 Å². The van der Waals surface area contributed by atoms with E-state index in [1.165, 1.54) is 12.8 Å². The van der Waals surface area contributed by atoms with Crippen LogP contribution in [0.25, 0.3) is 0 Å². The third kappa shape index (κ3) is 4.33. The Kier molecular flexibility index (Phi) is 5.49. The van der Waals surface area contributed by atoms with Crippen LogP contribution >= 0.6 is 0 Å². The molecule has 5 heteroatoms. The first-order valence-electron chi connectivity index (χ1n) is 8.17. The molecule has 4 atom stereocenters. The van der Waals surface area contributed by atoms with Crippen molar-refractivity contribution in [3.05, 3.63) is 0 Å². The molecule has 2 heterocycles. The van der Waals surface area contributed by atoms with Crippen LogP contribution in [0.3, 0.4) is 0 Å². The molecule has 2 bridgehead atoms. The van der Waals surface area contributed by atoms with Gasteiger partial charge in [0.25, 0.3) is 0 Å². The van der Waals surface area contributed by atoms with Crippen molar-refractivity contribution in [2.75, 3.05) is 20.2 Å². The van der Waals surface area contributed by atoms with Gasteiger partial charge in [0.15, 0.2) is 5.96 Å². The summed E-state index contributed by atoms with van der Waals surface area (Å²) in [6.45, 7) is 10.2. The Morgan fingerprint density at radius 3 is 2.62 bits per heavy atom. The molecule has 2 fully saturated rings. The van der Waals surface area contributed by atoms with Crippen molar-refractivity contribution in [3.63, 3.8) is 0 Å². The normalized spacial score (nSPS) is 30.5. The average molecular weight is 297 g/mol. The van der Waals surface area contributed by atoms with Crippen molar-refractivity contribution in [3.8, 4) is 0 Å². The lowest BCUT2D eigenvalue weighted by Gasteiger charge is -2.28. The van der Waals surface area contributed by atoms with Crippen LogP contribution in [0, 0.1) is 5.41 Å². The average Bonchev–Trinajstić information content (AvgIpc) is 3.00. The fourth-order valence-electron chi connectivity index (χ4n) is 3.16. The minimum Gasteiger partial charge on any atom is -0.379 e. The van der Waals surface area contributed by atoms with E-state index in [2.05, 4.69) is 38.3 Å². The number of hydrogen-bond donors (Lipinski definition) is 2. The van der Waals surface area contributed by atoms with Crippen LogP contribution in [0.2, 0.25) is 0 Å². The summed E-state index contributed by atoms with van der Waals surface area (Å²) in [7, 11) is 1.76. The molecule has 4 unspecified atom stereocenters. The van der Waals surface area contributed by atoms with Crippen LogP contribution in [0.5, 0.6) is 0 Å². The van der Waals surface area contributed by atoms with Gasteiger partial charge in [0.2, 0.25) is 0 Å².